The van der Waals surface area contributed by atoms with Gasteiger partial charge >= 0.3 is 0 Å². The quantitative estimate of drug-likeness (QED) is 0.658. The van der Waals surface area contributed by atoms with Gasteiger partial charge in [0, 0.05) is 0 Å². The van der Waals surface area contributed by atoms with Crippen LogP contribution < -0.4 is 5.30 Å². The van der Waals surface area contributed by atoms with E-state index in [0.29, 0.717) is 0 Å². The second kappa shape index (κ2) is 8.64. The van der Waals surface area contributed by atoms with E-state index in [1.807, 2.05) is 0 Å². The molecule has 0 spiro atoms. The smallest absolute Gasteiger partial charge is 0.0240 e. The molecule has 0 aromatic heterocycles. The number of benzene rings is 1. The van der Waals surface area contributed by atoms with Gasteiger partial charge in [-0.2, -0.15) is 0 Å². The molecule has 0 saturated carbocycles. The normalized spacial score (nSPS) is 10.9. The van der Waals surface area contributed by atoms with Crippen LogP contribution in [0.3, 0.4) is 0 Å². The lowest BCUT2D eigenvalue weighted by atomic mass is 10.4. The van der Waals surface area contributed by atoms with Gasteiger partial charge in [0.25, 0.3) is 0 Å². The van der Waals surface area contributed by atoms with E-state index in [1.54, 1.807) is 5.30 Å². The van der Waals surface area contributed by atoms with Crippen molar-refractivity contribution >= 4 is 31.7 Å². The first kappa shape index (κ1) is 13.6. The predicted octanol–water partition coefficient (Wildman–Crippen LogP) is 3.32. The summed E-state index contributed by atoms with van der Waals surface area (Å²) in [6, 6.07) is 11.1. The highest BCUT2D eigenvalue weighted by atomic mass is 31.1. The third kappa shape index (κ3) is 5.40. The molecule has 1 aromatic rings. The zero-order valence-electron chi connectivity index (χ0n) is 9.23. The van der Waals surface area contributed by atoms with Gasteiger partial charge in [0.15, 0.2) is 0 Å². The molecule has 0 heterocycles. The van der Waals surface area contributed by atoms with E-state index in [9.17, 15) is 0 Å². The van der Waals surface area contributed by atoms with Crippen LogP contribution in [0.4, 0.5) is 0 Å². The highest BCUT2D eigenvalue weighted by Gasteiger charge is 2.08. The Labute approximate surface area is 99.8 Å². The average Bonchev–Trinajstić information content (AvgIpc) is 2.30. The monoisotopic (exact) mass is 258 g/mol. The van der Waals surface area contributed by atoms with Crippen LogP contribution in [-0.2, 0) is 0 Å². The van der Waals surface area contributed by atoms with Crippen molar-refractivity contribution in [2.75, 3.05) is 24.6 Å². The van der Waals surface area contributed by atoms with E-state index >= 15 is 0 Å². The lowest BCUT2D eigenvalue weighted by molar-refractivity contribution is 1.08. The van der Waals surface area contributed by atoms with Gasteiger partial charge in [-0.3, -0.25) is 0 Å². The first-order valence-electron chi connectivity index (χ1n) is 5.58. The zero-order chi connectivity index (χ0) is 10.9. The van der Waals surface area contributed by atoms with E-state index in [0.717, 1.165) is 0 Å². The summed E-state index contributed by atoms with van der Waals surface area (Å²) in [5, 5.41) is 1.59. The van der Waals surface area contributed by atoms with Crippen LogP contribution >= 0.6 is 26.4 Å². The summed E-state index contributed by atoms with van der Waals surface area (Å²) < 4.78 is 0. The molecule has 15 heavy (non-hydrogen) atoms. The van der Waals surface area contributed by atoms with Gasteiger partial charge in [-0.25, -0.2) is 0 Å². The number of hydrogen-bond acceptors (Lipinski definition) is 0. The van der Waals surface area contributed by atoms with E-state index in [-0.39, 0.29) is 7.92 Å². The molecule has 0 N–H and O–H groups in total. The van der Waals surface area contributed by atoms with E-state index < -0.39 is 0 Å². The third-order valence-corrected chi connectivity index (χ3v) is 5.94. The molecule has 1 aromatic carbocycles. The van der Waals surface area contributed by atoms with E-state index in [1.165, 1.54) is 37.5 Å². The average molecular weight is 258 g/mol. The molecule has 2 atom stereocenters. The standard InChI is InChI=1S/C12H21P3/c13-8-4-10-15(11-5-9-14)12-6-2-1-3-7-12/h1-3,6-7H,4-5,8-11,13-14H2. The summed E-state index contributed by atoms with van der Waals surface area (Å²) in [5.74, 6) is 0. The minimum absolute atomic E-state index is 0.106. The lowest BCUT2D eigenvalue weighted by Crippen LogP contribution is -2.06. The predicted molar refractivity (Wildman–Crippen MR) is 81.1 cm³/mol. The molecular weight excluding hydrogens is 237 g/mol. The molecule has 0 saturated heterocycles. The maximum absolute atomic E-state index is 2.84. The van der Waals surface area contributed by atoms with Gasteiger partial charge in [0.1, 0.15) is 0 Å². The van der Waals surface area contributed by atoms with Crippen LogP contribution in [0.2, 0.25) is 0 Å². The summed E-state index contributed by atoms with van der Waals surface area (Å²) in [6.45, 7) is 0. The van der Waals surface area contributed by atoms with Gasteiger partial charge in [-0.15, -0.1) is 18.5 Å². The molecule has 3 heteroatoms. The molecule has 1 rings (SSSR count). The Morgan fingerprint density at radius 1 is 0.867 bits per heavy atom. The van der Waals surface area contributed by atoms with Crippen LogP contribution in [-0.4, -0.2) is 24.6 Å². The van der Waals surface area contributed by atoms with Crippen molar-refractivity contribution < 1.29 is 0 Å². The maximum atomic E-state index is 2.84. The summed E-state index contributed by atoms with van der Waals surface area (Å²) in [7, 11) is 5.78. The van der Waals surface area contributed by atoms with E-state index in [4.69, 9.17) is 0 Å². The van der Waals surface area contributed by atoms with Gasteiger partial charge in [-0.1, -0.05) is 38.3 Å². The van der Waals surface area contributed by atoms with Gasteiger partial charge in [0.2, 0.25) is 0 Å². The number of hydrogen-bond donors (Lipinski definition) is 0. The molecule has 0 aliphatic rings. The highest BCUT2D eigenvalue weighted by Crippen LogP contribution is 2.36. The first-order valence-corrected chi connectivity index (χ1v) is 8.93. The Bertz CT molecular complexity index is 240. The number of rotatable bonds is 7. The molecule has 84 valence electrons. The Morgan fingerprint density at radius 2 is 1.40 bits per heavy atom. The van der Waals surface area contributed by atoms with E-state index in [2.05, 4.69) is 48.8 Å². The van der Waals surface area contributed by atoms with Crippen molar-refractivity contribution in [1.29, 1.82) is 0 Å². The van der Waals surface area contributed by atoms with Gasteiger partial charge in [0.05, 0.1) is 0 Å². The molecular formula is C12H21P3. The molecule has 0 bridgehead atoms. The lowest BCUT2D eigenvalue weighted by Gasteiger charge is -2.17. The SMILES string of the molecule is PCCCP(CCCP)c1ccccc1. The first-order chi connectivity index (χ1) is 7.38. The van der Waals surface area contributed by atoms with Crippen LogP contribution in [0.5, 0.6) is 0 Å². The summed E-state index contributed by atoms with van der Waals surface area (Å²) in [4.78, 5) is 0. The second-order valence-electron chi connectivity index (χ2n) is 3.61. The fraction of sp³-hybridized carbons (Fsp3) is 0.500. The van der Waals surface area contributed by atoms with Crippen LogP contribution in [0, 0.1) is 0 Å². The molecule has 2 unspecified atom stereocenters. The van der Waals surface area contributed by atoms with Crippen molar-refractivity contribution in [2.24, 2.45) is 0 Å². The van der Waals surface area contributed by atoms with Crippen molar-refractivity contribution in [3.8, 4) is 0 Å². The Kier molecular flexibility index (Phi) is 7.82. The molecule has 0 amide bonds. The van der Waals surface area contributed by atoms with Crippen molar-refractivity contribution in [2.45, 2.75) is 12.8 Å². The second-order valence-corrected chi connectivity index (χ2v) is 7.25. The van der Waals surface area contributed by atoms with Crippen LogP contribution in [0.25, 0.3) is 0 Å². The molecule has 0 radical (unpaired) electrons. The van der Waals surface area contributed by atoms with Crippen LogP contribution in [0.1, 0.15) is 12.8 Å². The van der Waals surface area contributed by atoms with Crippen LogP contribution in [0.15, 0.2) is 30.3 Å². The summed E-state index contributed by atoms with van der Waals surface area (Å²) in [6.07, 6.45) is 7.98. The van der Waals surface area contributed by atoms with Crippen molar-refractivity contribution in [3.05, 3.63) is 30.3 Å². The largest absolute Gasteiger partial charge is 0.138 e. The fourth-order valence-electron chi connectivity index (χ4n) is 1.57. The summed E-state index contributed by atoms with van der Waals surface area (Å²) >= 11 is 0. The van der Waals surface area contributed by atoms with Gasteiger partial charge in [-0.05, 0) is 42.8 Å². The molecule has 0 aliphatic heterocycles. The van der Waals surface area contributed by atoms with Crippen molar-refractivity contribution in [1.82, 2.24) is 0 Å². The maximum Gasteiger partial charge on any atom is -0.0240 e. The fourth-order valence-corrected chi connectivity index (χ4v) is 5.13. The Morgan fingerprint density at radius 3 is 1.87 bits per heavy atom. The minimum Gasteiger partial charge on any atom is -0.138 e. The van der Waals surface area contributed by atoms with Gasteiger partial charge < -0.3 is 0 Å². The molecule has 0 nitrogen and oxygen atoms in total. The highest BCUT2D eigenvalue weighted by molar-refractivity contribution is 7.65. The third-order valence-electron chi connectivity index (χ3n) is 2.39. The zero-order valence-corrected chi connectivity index (χ0v) is 12.4. The minimum atomic E-state index is 0.106. The topological polar surface area (TPSA) is 0 Å². The Balaban J connectivity index is 2.55. The molecule has 0 fully saturated rings. The molecule has 0 aliphatic carbocycles. The summed E-state index contributed by atoms with van der Waals surface area (Å²) in [5.41, 5.74) is 0. The van der Waals surface area contributed by atoms with Crippen molar-refractivity contribution in [3.63, 3.8) is 0 Å². The Hall–Kier alpha value is 0.510.